The fourth-order valence-corrected chi connectivity index (χ4v) is 0.651. The first kappa shape index (κ1) is 8.69. The average molecular weight is 145 g/mol. The molecule has 0 aromatic carbocycles. The van der Waals surface area contributed by atoms with Crippen LogP contribution in [0, 0.1) is 0 Å². The molecule has 0 aliphatic rings. The van der Waals surface area contributed by atoms with Gasteiger partial charge in [-0.3, -0.25) is 0 Å². The fraction of sp³-hybridized carbons (Fsp3) is 0.833. The van der Waals surface area contributed by atoms with E-state index in [1.807, 2.05) is 6.92 Å². The summed E-state index contributed by atoms with van der Waals surface area (Å²) >= 11 is 0. The summed E-state index contributed by atoms with van der Waals surface area (Å²) in [5.74, 6) is 0. The van der Waals surface area contributed by atoms with E-state index in [9.17, 15) is 0 Å². The van der Waals surface area contributed by atoms with Crippen LogP contribution in [-0.2, 0) is 4.53 Å². The first-order valence-electron chi connectivity index (χ1n) is 3.36. The lowest BCUT2D eigenvalue weighted by Gasteiger charge is -2.01. The SMILES string of the molecule is CCC(C)=NO[SiH](C)C. The molecule has 0 spiro atoms. The van der Waals surface area contributed by atoms with Crippen LogP contribution in [0.1, 0.15) is 20.3 Å². The standard InChI is InChI=1S/C6H15NOSi/c1-5-6(2)7-8-9(3)4/h9H,5H2,1-4H3. The predicted octanol–water partition coefficient (Wildman–Crippen LogP) is 1.77. The van der Waals surface area contributed by atoms with Crippen molar-refractivity contribution in [2.24, 2.45) is 5.16 Å². The van der Waals surface area contributed by atoms with Crippen LogP contribution >= 0.6 is 0 Å². The molecule has 3 heteroatoms. The van der Waals surface area contributed by atoms with Crippen molar-refractivity contribution >= 4 is 14.8 Å². The minimum atomic E-state index is -0.928. The normalized spacial score (nSPS) is 12.3. The zero-order valence-corrected chi connectivity index (χ0v) is 7.79. The lowest BCUT2D eigenvalue weighted by atomic mass is 10.3. The predicted molar refractivity (Wildman–Crippen MR) is 43.4 cm³/mol. The van der Waals surface area contributed by atoms with Gasteiger partial charge in [0.2, 0.25) is 0 Å². The lowest BCUT2D eigenvalue weighted by Crippen LogP contribution is -2.03. The van der Waals surface area contributed by atoms with E-state index < -0.39 is 9.04 Å². The summed E-state index contributed by atoms with van der Waals surface area (Å²) in [4.78, 5) is 0. The van der Waals surface area contributed by atoms with Gasteiger partial charge < -0.3 is 4.53 Å². The Morgan fingerprint density at radius 2 is 2.11 bits per heavy atom. The molecule has 0 aliphatic carbocycles. The Labute approximate surface area is 58.6 Å². The highest BCUT2D eigenvalue weighted by Gasteiger charge is 1.92. The van der Waals surface area contributed by atoms with Gasteiger partial charge >= 0.3 is 0 Å². The van der Waals surface area contributed by atoms with Crippen molar-refractivity contribution in [1.82, 2.24) is 0 Å². The van der Waals surface area contributed by atoms with Crippen molar-refractivity contribution < 1.29 is 4.53 Å². The van der Waals surface area contributed by atoms with Gasteiger partial charge in [-0.05, 0) is 26.4 Å². The highest BCUT2D eigenvalue weighted by Crippen LogP contribution is 1.88. The van der Waals surface area contributed by atoms with E-state index in [4.69, 9.17) is 4.53 Å². The molecule has 0 bridgehead atoms. The number of hydrogen-bond acceptors (Lipinski definition) is 2. The van der Waals surface area contributed by atoms with E-state index in [1.54, 1.807) is 0 Å². The molecule has 9 heavy (non-hydrogen) atoms. The molecular weight excluding hydrogens is 130 g/mol. The average Bonchev–Trinajstić information content (AvgIpc) is 1.83. The third-order valence-corrected chi connectivity index (χ3v) is 1.46. The lowest BCUT2D eigenvalue weighted by molar-refractivity contribution is 0.350. The molecule has 0 unspecified atom stereocenters. The largest absolute Gasteiger partial charge is 0.459 e. The van der Waals surface area contributed by atoms with Crippen LogP contribution in [0.5, 0.6) is 0 Å². The summed E-state index contributed by atoms with van der Waals surface area (Å²) in [7, 11) is -0.928. The van der Waals surface area contributed by atoms with Gasteiger partial charge in [-0.2, -0.15) is 0 Å². The van der Waals surface area contributed by atoms with Crippen molar-refractivity contribution in [3.8, 4) is 0 Å². The molecule has 0 aliphatic heterocycles. The van der Waals surface area contributed by atoms with E-state index >= 15 is 0 Å². The topological polar surface area (TPSA) is 21.6 Å². The van der Waals surface area contributed by atoms with Gasteiger partial charge in [-0.15, -0.1) is 5.16 Å². The van der Waals surface area contributed by atoms with Gasteiger partial charge in [0.15, 0.2) is 0 Å². The van der Waals surface area contributed by atoms with E-state index in [0.29, 0.717) is 0 Å². The Morgan fingerprint density at radius 1 is 1.56 bits per heavy atom. The van der Waals surface area contributed by atoms with Crippen LogP contribution in [0.2, 0.25) is 13.1 Å². The van der Waals surface area contributed by atoms with Crippen LogP contribution in [-0.4, -0.2) is 14.8 Å². The smallest absolute Gasteiger partial charge is 0.266 e. The van der Waals surface area contributed by atoms with Gasteiger partial charge in [0.1, 0.15) is 0 Å². The first-order chi connectivity index (χ1) is 4.16. The summed E-state index contributed by atoms with van der Waals surface area (Å²) in [6.45, 7) is 8.26. The van der Waals surface area contributed by atoms with Crippen molar-refractivity contribution in [1.29, 1.82) is 0 Å². The maximum Gasteiger partial charge on any atom is 0.266 e. The van der Waals surface area contributed by atoms with Crippen molar-refractivity contribution in [3.05, 3.63) is 0 Å². The second-order valence-electron chi connectivity index (χ2n) is 2.33. The summed E-state index contributed by atoms with van der Waals surface area (Å²) in [5.41, 5.74) is 1.08. The highest BCUT2D eigenvalue weighted by atomic mass is 28.3. The number of rotatable bonds is 3. The molecule has 0 N–H and O–H groups in total. The first-order valence-corrected chi connectivity index (χ1v) is 6.14. The minimum absolute atomic E-state index is 0.928. The van der Waals surface area contributed by atoms with Crippen molar-refractivity contribution in [2.75, 3.05) is 0 Å². The quantitative estimate of drug-likeness (QED) is 0.337. The van der Waals surface area contributed by atoms with Crippen LogP contribution < -0.4 is 0 Å². The van der Waals surface area contributed by atoms with Crippen molar-refractivity contribution in [2.45, 2.75) is 33.4 Å². The van der Waals surface area contributed by atoms with E-state index in [2.05, 4.69) is 25.2 Å². The Morgan fingerprint density at radius 3 is 2.44 bits per heavy atom. The van der Waals surface area contributed by atoms with Gasteiger partial charge in [0.05, 0.1) is 5.71 Å². The van der Waals surface area contributed by atoms with Crippen LogP contribution in [0.25, 0.3) is 0 Å². The molecule has 54 valence electrons. The van der Waals surface area contributed by atoms with Crippen molar-refractivity contribution in [3.63, 3.8) is 0 Å². The Balaban J connectivity index is 3.43. The maximum absolute atomic E-state index is 5.12. The monoisotopic (exact) mass is 145 g/mol. The van der Waals surface area contributed by atoms with Crippen LogP contribution in [0.15, 0.2) is 5.16 Å². The molecule has 0 rings (SSSR count). The summed E-state index contributed by atoms with van der Waals surface area (Å²) in [6, 6.07) is 0. The minimum Gasteiger partial charge on any atom is -0.459 e. The Kier molecular flexibility index (Phi) is 4.40. The molecule has 0 fully saturated rings. The number of oxime groups is 1. The molecule has 0 aromatic rings. The zero-order valence-electron chi connectivity index (χ0n) is 6.64. The van der Waals surface area contributed by atoms with Gasteiger partial charge in [0.25, 0.3) is 9.04 Å². The van der Waals surface area contributed by atoms with Gasteiger partial charge in [-0.25, -0.2) is 0 Å². The zero-order chi connectivity index (χ0) is 7.28. The molecule has 0 radical (unpaired) electrons. The Hall–Kier alpha value is -0.313. The molecule has 0 aromatic heterocycles. The van der Waals surface area contributed by atoms with E-state index in [-0.39, 0.29) is 0 Å². The van der Waals surface area contributed by atoms with Gasteiger partial charge in [-0.1, -0.05) is 6.92 Å². The summed E-state index contributed by atoms with van der Waals surface area (Å²) in [6.07, 6.45) is 0.987. The molecule has 0 amide bonds. The van der Waals surface area contributed by atoms with E-state index in [0.717, 1.165) is 12.1 Å². The third-order valence-electron chi connectivity index (χ3n) is 0.931. The molecule has 0 atom stereocenters. The molecule has 0 heterocycles. The molecule has 0 saturated heterocycles. The van der Waals surface area contributed by atoms with Gasteiger partial charge in [0, 0.05) is 0 Å². The third kappa shape index (κ3) is 5.56. The number of hydrogen-bond donors (Lipinski definition) is 0. The second-order valence-corrected chi connectivity index (χ2v) is 4.64. The number of nitrogens with zero attached hydrogens (tertiary/aromatic N) is 1. The van der Waals surface area contributed by atoms with E-state index in [1.165, 1.54) is 0 Å². The summed E-state index contributed by atoms with van der Waals surface area (Å²) < 4.78 is 5.12. The molecule has 2 nitrogen and oxygen atoms in total. The summed E-state index contributed by atoms with van der Waals surface area (Å²) in [5, 5.41) is 3.92. The second kappa shape index (κ2) is 4.55. The Bertz CT molecular complexity index is 101. The van der Waals surface area contributed by atoms with Crippen LogP contribution in [0.4, 0.5) is 0 Å². The molecule has 0 saturated carbocycles. The highest BCUT2D eigenvalue weighted by molar-refractivity contribution is 6.48. The van der Waals surface area contributed by atoms with Crippen LogP contribution in [0.3, 0.4) is 0 Å². The maximum atomic E-state index is 5.12. The fourth-order valence-electron chi connectivity index (χ4n) is 0.260. The molecular formula is C6H15NOSi.